The number of alkyl halides is 3. The van der Waals surface area contributed by atoms with Crippen LogP contribution in [0.2, 0.25) is 0 Å². The van der Waals surface area contributed by atoms with Crippen molar-refractivity contribution in [3.8, 4) is 0 Å². The van der Waals surface area contributed by atoms with E-state index >= 15 is 0 Å². The molecule has 0 bridgehead atoms. The summed E-state index contributed by atoms with van der Waals surface area (Å²) in [4.78, 5) is 2.06. The van der Waals surface area contributed by atoms with Crippen LogP contribution < -0.4 is 10.2 Å². The largest absolute Gasteiger partial charge is 0.416 e. The molecule has 0 atom stereocenters. The van der Waals surface area contributed by atoms with Gasteiger partial charge < -0.3 is 10.2 Å². The molecule has 1 N–H and O–H groups in total. The van der Waals surface area contributed by atoms with Crippen LogP contribution in [0.3, 0.4) is 0 Å². The van der Waals surface area contributed by atoms with Crippen molar-refractivity contribution >= 4 is 5.69 Å². The molecule has 0 unspecified atom stereocenters. The monoisotopic (exact) mass is 286 g/mol. The molecule has 1 heterocycles. The maximum atomic E-state index is 12.9. The van der Waals surface area contributed by atoms with Gasteiger partial charge in [-0.05, 0) is 30.5 Å². The molecular weight excluding hydrogens is 265 g/mol. The molecule has 0 amide bonds. The highest BCUT2D eigenvalue weighted by Crippen LogP contribution is 2.34. The van der Waals surface area contributed by atoms with E-state index in [0.717, 1.165) is 37.2 Å². The Bertz CT molecular complexity index is 449. The molecule has 1 aliphatic rings. The maximum Gasteiger partial charge on any atom is 0.416 e. The minimum atomic E-state index is -4.28. The lowest BCUT2D eigenvalue weighted by molar-refractivity contribution is -0.137. The molecule has 0 radical (unpaired) electrons. The van der Waals surface area contributed by atoms with Gasteiger partial charge in [-0.3, -0.25) is 0 Å². The first-order valence-electron chi connectivity index (χ1n) is 7.06. The van der Waals surface area contributed by atoms with Crippen molar-refractivity contribution in [2.24, 2.45) is 0 Å². The minimum Gasteiger partial charge on any atom is -0.371 e. The Balaban J connectivity index is 2.30. The molecule has 0 aliphatic carbocycles. The van der Waals surface area contributed by atoms with E-state index in [1.807, 2.05) is 13.8 Å². The Morgan fingerprint density at radius 3 is 2.40 bits per heavy atom. The number of rotatable bonds is 4. The SMILES string of the molecule is CC(C)NCc1ccc(C(F)(F)F)cc1N1CCCC1. The maximum absolute atomic E-state index is 12.9. The molecule has 1 saturated heterocycles. The first kappa shape index (κ1) is 15.2. The summed E-state index contributed by atoms with van der Waals surface area (Å²) >= 11 is 0. The zero-order valence-corrected chi connectivity index (χ0v) is 11.9. The first-order chi connectivity index (χ1) is 9.38. The topological polar surface area (TPSA) is 15.3 Å². The van der Waals surface area contributed by atoms with E-state index in [1.54, 1.807) is 6.07 Å². The van der Waals surface area contributed by atoms with Gasteiger partial charge in [0.05, 0.1) is 5.56 Å². The fraction of sp³-hybridized carbons (Fsp3) is 0.600. The van der Waals surface area contributed by atoms with Crippen molar-refractivity contribution < 1.29 is 13.2 Å². The molecule has 1 aliphatic heterocycles. The van der Waals surface area contributed by atoms with E-state index in [0.29, 0.717) is 12.6 Å². The fourth-order valence-electron chi connectivity index (χ4n) is 2.46. The van der Waals surface area contributed by atoms with Gasteiger partial charge in [0.1, 0.15) is 0 Å². The second-order valence-corrected chi connectivity index (χ2v) is 5.57. The molecule has 0 aromatic heterocycles. The summed E-state index contributed by atoms with van der Waals surface area (Å²) in [5.74, 6) is 0. The number of nitrogens with zero attached hydrogens (tertiary/aromatic N) is 1. The van der Waals surface area contributed by atoms with Gasteiger partial charge in [0.25, 0.3) is 0 Å². The van der Waals surface area contributed by atoms with Gasteiger partial charge in [0, 0.05) is 31.4 Å². The number of benzene rings is 1. The summed E-state index contributed by atoms with van der Waals surface area (Å²) in [6.45, 7) is 6.34. The van der Waals surface area contributed by atoms with Crippen LogP contribution in [0.15, 0.2) is 18.2 Å². The van der Waals surface area contributed by atoms with Crippen LogP contribution >= 0.6 is 0 Å². The second kappa shape index (κ2) is 6.04. The first-order valence-corrected chi connectivity index (χ1v) is 7.06. The van der Waals surface area contributed by atoms with E-state index < -0.39 is 11.7 Å². The predicted octanol–water partition coefficient (Wildman–Crippen LogP) is 3.80. The van der Waals surface area contributed by atoms with Crippen molar-refractivity contribution in [1.29, 1.82) is 0 Å². The summed E-state index contributed by atoms with van der Waals surface area (Å²) in [6.07, 6.45) is -2.18. The number of hydrogen-bond acceptors (Lipinski definition) is 2. The number of halogens is 3. The quantitative estimate of drug-likeness (QED) is 0.905. The fourth-order valence-corrected chi connectivity index (χ4v) is 2.46. The summed E-state index contributed by atoms with van der Waals surface area (Å²) in [5.41, 5.74) is 1.10. The van der Waals surface area contributed by atoms with Crippen molar-refractivity contribution in [3.63, 3.8) is 0 Å². The van der Waals surface area contributed by atoms with Crippen molar-refractivity contribution in [1.82, 2.24) is 5.32 Å². The van der Waals surface area contributed by atoms with Gasteiger partial charge in [-0.1, -0.05) is 19.9 Å². The Morgan fingerprint density at radius 1 is 1.20 bits per heavy atom. The summed E-state index contributed by atoms with van der Waals surface area (Å²) < 4.78 is 38.6. The molecule has 0 spiro atoms. The average Bonchev–Trinajstić information content (AvgIpc) is 2.88. The Kier molecular flexibility index (Phi) is 4.58. The van der Waals surface area contributed by atoms with Crippen LogP contribution in [0, 0.1) is 0 Å². The highest BCUT2D eigenvalue weighted by Gasteiger charge is 2.31. The van der Waals surface area contributed by atoms with E-state index in [1.165, 1.54) is 12.1 Å². The highest BCUT2D eigenvalue weighted by atomic mass is 19.4. The number of anilines is 1. The second-order valence-electron chi connectivity index (χ2n) is 5.57. The van der Waals surface area contributed by atoms with Crippen LogP contribution in [-0.2, 0) is 12.7 Å². The third-order valence-electron chi connectivity index (χ3n) is 3.56. The number of nitrogens with one attached hydrogen (secondary N) is 1. The van der Waals surface area contributed by atoms with Crippen LogP contribution in [0.4, 0.5) is 18.9 Å². The van der Waals surface area contributed by atoms with E-state index in [-0.39, 0.29) is 0 Å². The van der Waals surface area contributed by atoms with E-state index in [9.17, 15) is 13.2 Å². The lowest BCUT2D eigenvalue weighted by Crippen LogP contribution is -2.25. The minimum absolute atomic E-state index is 0.309. The zero-order valence-electron chi connectivity index (χ0n) is 11.9. The smallest absolute Gasteiger partial charge is 0.371 e. The molecule has 112 valence electrons. The van der Waals surface area contributed by atoms with Crippen molar-refractivity contribution in [2.45, 2.75) is 45.5 Å². The summed E-state index contributed by atoms with van der Waals surface area (Å²) in [7, 11) is 0. The molecule has 0 saturated carbocycles. The molecule has 2 rings (SSSR count). The van der Waals surface area contributed by atoms with Gasteiger partial charge in [-0.25, -0.2) is 0 Å². The van der Waals surface area contributed by atoms with Gasteiger partial charge in [0.15, 0.2) is 0 Å². The number of hydrogen-bond donors (Lipinski definition) is 1. The van der Waals surface area contributed by atoms with E-state index in [2.05, 4.69) is 10.2 Å². The lowest BCUT2D eigenvalue weighted by Gasteiger charge is -2.23. The van der Waals surface area contributed by atoms with Crippen LogP contribution in [0.25, 0.3) is 0 Å². The summed E-state index contributed by atoms with van der Waals surface area (Å²) in [6, 6.07) is 4.38. The third-order valence-corrected chi connectivity index (χ3v) is 3.56. The molecule has 1 aromatic rings. The standard InChI is InChI=1S/C15H21F3N2/c1-11(2)19-10-12-5-6-13(15(16,17)18)9-14(12)20-7-3-4-8-20/h5-6,9,11,19H,3-4,7-8,10H2,1-2H3. The predicted molar refractivity (Wildman–Crippen MR) is 74.9 cm³/mol. The molecule has 20 heavy (non-hydrogen) atoms. The van der Waals surface area contributed by atoms with Crippen LogP contribution in [0.1, 0.15) is 37.8 Å². The van der Waals surface area contributed by atoms with Gasteiger partial charge in [-0.15, -0.1) is 0 Å². The van der Waals surface area contributed by atoms with Crippen LogP contribution in [-0.4, -0.2) is 19.1 Å². The third kappa shape index (κ3) is 3.66. The lowest BCUT2D eigenvalue weighted by atomic mass is 10.1. The molecule has 5 heteroatoms. The average molecular weight is 286 g/mol. The Morgan fingerprint density at radius 2 is 1.85 bits per heavy atom. The summed E-state index contributed by atoms with van der Waals surface area (Å²) in [5, 5.41) is 3.28. The van der Waals surface area contributed by atoms with E-state index in [4.69, 9.17) is 0 Å². The van der Waals surface area contributed by atoms with Gasteiger partial charge >= 0.3 is 6.18 Å². The van der Waals surface area contributed by atoms with Crippen molar-refractivity contribution in [2.75, 3.05) is 18.0 Å². The van der Waals surface area contributed by atoms with Gasteiger partial charge in [0.2, 0.25) is 0 Å². The molecule has 2 nitrogen and oxygen atoms in total. The molecule has 1 aromatic carbocycles. The highest BCUT2D eigenvalue weighted by molar-refractivity contribution is 5.56. The zero-order chi connectivity index (χ0) is 14.8. The Labute approximate surface area is 118 Å². The van der Waals surface area contributed by atoms with Crippen molar-refractivity contribution in [3.05, 3.63) is 29.3 Å². The van der Waals surface area contributed by atoms with Gasteiger partial charge in [-0.2, -0.15) is 13.2 Å². The molecule has 1 fully saturated rings. The normalized spacial score (nSPS) is 16.2. The van der Waals surface area contributed by atoms with Crippen LogP contribution in [0.5, 0.6) is 0 Å². The molecular formula is C15H21F3N2. The Hall–Kier alpha value is -1.23.